The Balaban J connectivity index is 1.82. The SMILES string of the molecule is CC(C)CNCc1nnc(N(C)C2CCC2)o1. The minimum atomic E-state index is 0.590. The van der Waals surface area contributed by atoms with Crippen molar-refractivity contribution in [3.05, 3.63) is 5.89 Å². The van der Waals surface area contributed by atoms with Gasteiger partial charge in [0.25, 0.3) is 0 Å². The Morgan fingerprint density at radius 1 is 1.41 bits per heavy atom. The lowest BCUT2D eigenvalue weighted by Gasteiger charge is -2.33. The first-order valence-electron chi connectivity index (χ1n) is 6.42. The van der Waals surface area contributed by atoms with Crippen LogP contribution in [0.5, 0.6) is 0 Å². The number of nitrogens with one attached hydrogen (secondary N) is 1. The molecule has 0 aromatic carbocycles. The average Bonchev–Trinajstić information content (AvgIpc) is 2.63. The van der Waals surface area contributed by atoms with Crippen LogP contribution in [-0.2, 0) is 6.54 Å². The van der Waals surface area contributed by atoms with Gasteiger partial charge in [-0.2, -0.15) is 0 Å². The van der Waals surface area contributed by atoms with Gasteiger partial charge in [0.05, 0.1) is 6.54 Å². The van der Waals surface area contributed by atoms with Crippen molar-refractivity contribution in [1.82, 2.24) is 15.5 Å². The maximum atomic E-state index is 5.63. The Morgan fingerprint density at radius 2 is 2.18 bits per heavy atom. The van der Waals surface area contributed by atoms with Gasteiger partial charge < -0.3 is 14.6 Å². The van der Waals surface area contributed by atoms with Gasteiger partial charge in [-0.3, -0.25) is 0 Å². The minimum Gasteiger partial charge on any atom is -0.407 e. The lowest BCUT2D eigenvalue weighted by molar-refractivity contribution is 0.371. The molecule has 0 aliphatic heterocycles. The summed E-state index contributed by atoms with van der Waals surface area (Å²) in [5, 5.41) is 11.4. The Morgan fingerprint density at radius 3 is 2.76 bits per heavy atom. The lowest BCUT2D eigenvalue weighted by atomic mass is 9.92. The van der Waals surface area contributed by atoms with E-state index in [1.165, 1.54) is 19.3 Å². The molecular formula is C12H22N4O. The third-order valence-corrected chi connectivity index (χ3v) is 3.21. The molecule has 0 amide bonds. The molecule has 0 spiro atoms. The number of anilines is 1. The van der Waals surface area contributed by atoms with E-state index in [1.807, 2.05) is 7.05 Å². The molecule has 1 fully saturated rings. The highest BCUT2D eigenvalue weighted by molar-refractivity contribution is 5.25. The van der Waals surface area contributed by atoms with E-state index in [4.69, 9.17) is 4.42 Å². The van der Waals surface area contributed by atoms with Crippen molar-refractivity contribution in [3.63, 3.8) is 0 Å². The van der Waals surface area contributed by atoms with Crippen LogP contribution >= 0.6 is 0 Å². The molecule has 1 aliphatic rings. The average molecular weight is 238 g/mol. The summed E-state index contributed by atoms with van der Waals surface area (Å²) in [6.45, 7) is 5.98. The quantitative estimate of drug-likeness (QED) is 0.819. The van der Waals surface area contributed by atoms with E-state index >= 15 is 0 Å². The topological polar surface area (TPSA) is 54.2 Å². The van der Waals surface area contributed by atoms with Crippen LogP contribution in [0, 0.1) is 5.92 Å². The Hall–Kier alpha value is -1.10. The van der Waals surface area contributed by atoms with Crippen LogP contribution in [0.4, 0.5) is 6.01 Å². The monoisotopic (exact) mass is 238 g/mol. The smallest absolute Gasteiger partial charge is 0.318 e. The molecule has 0 unspecified atom stereocenters. The molecule has 1 aromatic heterocycles. The van der Waals surface area contributed by atoms with Crippen LogP contribution in [0.2, 0.25) is 0 Å². The van der Waals surface area contributed by atoms with Gasteiger partial charge in [-0.15, -0.1) is 5.10 Å². The number of aromatic nitrogens is 2. The summed E-state index contributed by atoms with van der Waals surface area (Å²) in [7, 11) is 2.03. The minimum absolute atomic E-state index is 0.590. The van der Waals surface area contributed by atoms with Gasteiger partial charge in [0, 0.05) is 13.1 Å². The second kappa shape index (κ2) is 5.49. The number of nitrogens with zero attached hydrogens (tertiary/aromatic N) is 3. The number of hydrogen-bond acceptors (Lipinski definition) is 5. The third kappa shape index (κ3) is 3.19. The number of rotatable bonds is 6. The van der Waals surface area contributed by atoms with Crippen LogP contribution in [-0.4, -0.2) is 29.8 Å². The summed E-state index contributed by atoms with van der Waals surface area (Å²) in [6, 6.07) is 1.24. The summed E-state index contributed by atoms with van der Waals surface area (Å²) in [5.41, 5.74) is 0. The van der Waals surface area contributed by atoms with Gasteiger partial charge in [0.1, 0.15) is 0 Å². The molecule has 0 saturated heterocycles. The molecule has 1 N–H and O–H groups in total. The molecule has 0 radical (unpaired) electrons. The van der Waals surface area contributed by atoms with E-state index in [9.17, 15) is 0 Å². The van der Waals surface area contributed by atoms with Crippen LogP contribution in [0.25, 0.3) is 0 Å². The normalized spacial score (nSPS) is 16.2. The van der Waals surface area contributed by atoms with Crippen LogP contribution in [0.3, 0.4) is 0 Å². The van der Waals surface area contributed by atoms with Crippen molar-refractivity contribution >= 4 is 6.01 Å². The van der Waals surface area contributed by atoms with E-state index in [2.05, 4.69) is 34.3 Å². The molecule has 2 rings (SSSR count). The fraction of sp³-hybridized carbons (Fsp3) is 0.833. The first-order valence-corrected chi connectivity index (χ1v) is 6.42. The van der Waals surface area contributed by atoms with Gasteiger partial charge in [0.2, 0.25) is 5.89 Å². The molecule has 5 heteroatoms. The van der Waals surface area contributed by atoms with Gasteiger partial charge in [-0.25, -0.2) is 0 Å². The second-order valence-electron chi connectivity index (χ2n) is 5.20. The maximum absolute atomic E-state index is 5.63. The van der Waals surface area contributed by atoms with E-state index in [0.29, 0.717) is 30.4 Å². The van der Waals surface area contributed by atoms with Crippen LogP contribution in [0.1, 0.15) is 39.0 Å². The van der Waals surface area contributed by atoms with Gasteiger partial charge in [-0.1, -0.05) is 18.9 Å². The van der Waals surface area contributed by atoms with Crippen molar-refractivity contribution in [3.8, 4) is 0 Å². The molecule has 0 atom stereocenters. The van der Waals surface area contributed by atoms with E-state index in [0.717, 1.165) is 6.54 Å². The highest BCUT2D eigenvalue weighted by Gasteiger charge is 2.25. The predicted molar refractivity (Wildman–Crippen MR) is 66.9 cm³/mol. The predicted octanol–water partition coefficient (Wildman–Crippen LogP) is 1.80. The van der Waals surface area contributed by atoms with Crippen molar-refractivity contribution in [2.45, 2.75) is 45.7 Å². The van der Waals surface area contributed by atoms with Gasteiger partial charge >= 0.3 is 6.01 Å². The van der Waals surface area contributed by atoms with E-state index in [-0.39, 0.29) is 0 Å². The van der Waals surface area contributed by atoms with Crippen molar-refractivity contribution in [1.29, 1.82) is 0 Å². The zero-order valence-corrected chi connectivity index (χ0v) is 10.9. The Kier molecular flexibility index (Phi) is 3.99. The summed E-state index contributed by atoms with van der Waals surface area (Å²) in [4.78, 5) is 2.10. The summed E-state index contributed by atoms with van der Waals surface area (Å²) < 4.78 is 5.63. The molecule has 1 saturated carbocycles. The largest absolute Gasteiger partial charge is 0.407 e. The molecule has 1 aromatic rings. The molecule has 0 bridgehead atoms. The second-order valence-corrected chi connectivity index (χ2v) is 5.20. The Labute approximate surface area is 103 Å². The Bertz CT molecular complexity index is 346. The molecular weight excluding hydrogens is 216 g/mol. The molecule has 5 nitrogen and oxygen atoms in total. The zero-order chi connectivity index (χ0) is 12.3. The van der Waals surface area contributed by atoms with Crippen molar-refractivity contribution in [2.75, 3.05) is 18.5 Å². The molecule has 96 valence electrons. The zero-order valence-electron chi connectivity index (χ0n) is 10.9. The molecule has 1 heterocycles. The number of hydrogen-bond donors (Lipinski definition) is 1. The highest BCUT2D eigenvalue weighted by Crippen LogP contribution is 2.27. The molecule has 17 heavy (non-hydrogen) atoms. The van der Waals surface area contributed by atoms with E-state index in [1.54, 1.807) is 0 Å². The fourth-order valence-electron chi connectivity index (χ4n) is 1.86. The third-order valence-electron chi connectivity index (χ3n) is 3.21. The summed E-state index contributed by atoms with van der Waals surface area (Å²) >= 11 is 0. The summed E-state index contributed by atoms with van der Waals surface area (Å²) in [6.07, 6.45) is 3.78. The fourth-order valence-corrected chi connectivity index (χ4v) is 1.86. The summed E-state index contributed by atoms with van der Waals surface area (Å²) in [5.74, 6) is 1.31. The van der Waals surface area contributed by atoms with Crippen molar-refractivity contribution < 1.29 is 4.42 Å². The lowest BCUT2D eigenvalue weighted by Crippen LogP contribution is -2.37. The first kappa shape index (κ1) is 12.4. The molecule has 1 aliphatic carbocycles. The van der Waals surface area contributed by atoms with Crippen molar-refractivity contribution in [2.24, 2.45) is 5.92 Å². The first-order chi connectivity index (χ1) is 8.16. The van der Waals surface area contributed by atoms with Gasteiger partial charge in [-0.05, 0) is 31.7 Å². The van der Waals surface area contributed by atoms with Gasteiger partial charge in [0.15, 0.2) is 0 Å². The van der Waals surface area contributed by atoms with E-state index < -0.39 is 0 Å². The van der Waals surface area contributed by atoms with Crippen LogP contribution in [0.15, 0.2) is 4.42 Å². The highest BCUT2D eigenvalue weighted by atomic mass is 16.4. The maximum Gasteiger partial charge on any atom is 0.318 e. The standard InChI is InChI=1S/C12H22N4O/c1-9(2)7-13-8-11-14-15-12(17-11)16(3)10-5-4-6-10/h9-10,13H,4-8H2,1-3H3. The van der Waals surface area contributed by atoms with Crippen LogP contribution < -0.4 is 10.2 Å².